The van der Waals surface area contributed by atoms with Crippen molar-refractivity contribution in [3.8, 4) is 0 Å². The van der Waals surface area contributed by atoms with Gasteiger partial charge in [-0.25, -0.2) is 4.98 Å². The Morgan fingerprint density at radius 1 is 1.00 bits per heavy atom. The smallest absolute Gasteiger partial charge is 0.201 e. The molecule has 12 heavy (non-hydrogen) atoms. The average molecular weight is 223 g/mol. The Hall–Kier alpha value is -0.580. The molecule has 0 fully saturated rings. The molecule has 4 nitrogen and oxygen atoms in total. The van der Waals surface area contributed by atoms with Crippen LogP contribution in [0.2, 0.25) is 15.6 Å². The Kier molecular flexibility index (Phi) is 1.83. The molecule has 7 heteroatoms. The van der Waals surface area contributed by atoms with Crippen LogP contribution in [0.1, 0.15) is 0 Å². The van der Waals surface area contributed by atoms with E-state index in [0.717, 1.165) is 0 Å². The highest BCUT2D eigenvalue weighted by Crippen LogP contribution is 2.24. The van der Waals surface area contributed by atoms with Crippen molar-refractivity contribution in [1.29, 1.82) is 0 Å². The van der Waals surface area contributed by atoms with E-state index in [0.29, 0.717) is 11.0 Å². The maximum Gasteiger partial charge on any atom is 0.201 e. The number of H-pyrrole nitrogens is 1. The molecule has 1 N–H and O–H groups in total. The number of aromatic amines is 1. The molecule has 2 rings (SSSR count). The predicted molar refractivity (Wildman–Crippen MR) is 46.7 cm³/mol. The van der Waals surface area contributed by atoms with Crippen LogP contribution in [0.3, 0.4) is 0 Å². The average Bonchev–Trinajstić information content (AvgIpc) is 2.41. The lowest BCUT2D eigenvalue weighted by Crippen LogP contribution is -1.84. The SMILES string of the molecule is Clc1nc2c(Cl)nnc(Cl)c2[nH]1. The number of nitrogens with zero attached hydrogens (tertiary/aromatic N) is 3. The molecule has 2 aromatic rings. The summed E-state index contributed by atoms with van der Waals surface area (Å²) in [6.45, 7) is 0. The van der Waals surface area contributed by atoms with Crippen molar-refractivity contribution in [2.75, 3.05) is 0 Å². The summed E-state index contributed by atoms with van der Waals surface area (Å²) < 4.78 is 0. The monoisotopic (exact) mass is 222 g/mol. The number of aromatic nitrogens is 4. The fourth-order valence-electron chi connectivity index (χ4n) is 0.828. The molecule has 0 bridgehead atoms. The first-order valence-electron chi connectivity index (χ1n) is 2.91. The van der Waals surface area contributed by atoms with E-state index in [1.807, 2.05) is 0 Å². The van der Waals surface area contributed by atoms with Crippen molar-refractivity contribution < 1.29 is 0 Å². The fraction of sp³-hybridized carbons (Fsp3) is 0. The van der Waals surface area contributed by atoms with Gasteiger partial charge in [0.15, 0.2) is 10.3 Å². The topological polar surface area (TPSA) is 54.5 Å². The maximum absolute atomic E-state index is 5.68. The molecule has 2 heterocycles. The Labute approximate surface area is 81.9 Å². The first-order chi connectivity index (χ1) is 5.68. The summed E-state index contributed by atoms with van der Waals surface area (Å²) in [6.07, 6.45) is 0. The largest absolute Gasteiger partial charge is 0.326 e. The normalized spacial score (nSPS) is 10.9. The fourth-order valence-corrected chi connectivity index (χ4v) is 1.36. The van der Waals surface area contributed by atoms with Crippen molar-refractivity contribution in [2.45, 2.75) is 0 Å². The van der Waals surface area contributed by atoms with Gasteiger partial charge in [-0.3, -0.25) is 0 Å². The number of nitrogens with one attached hydrogen (secondary N) is 1. The summed E-state index contributed by atoms with van der Waals surface area (Å²) in [6, 6.07) is 0. The molecule has 0 saturated carbocycles. The molecule has 0 atom stereocenters. The van der Waals surface area contributed by atoms with Crippen LogP contribution < -0.4 is 0 Å². The molecule has 0 aromatic carbocycles. The van der Waals surface area contributed by atoms with Gasteiger partial charge in [0.05, 0.1) is 0 Å². The molecule has 0 spiro atoms. The van der Waals surface area contributed by atoms with Gasteiger partial charge in [-0.05, 0) is 11.6 Å². The molecule has 0 aliphatic carbocycles. The van der Waals surface area contributed by atoms with Gasteiger partial charge in [0.1, 0.15) is 11.0 Å². The van der Waals surface area contributed by atoms with Gasteiger partial charge >= 0.3 is 0 Å². The molecule has 0 aliphatic heterocycles. The molecule has 0 saturated heterocycles. The van der Waals surface area contributed by atoms with Crippen LogP contribution in [0.25, 0.3) is 11.0 Å². The number of hydrogen-bond acceptors (Lipinski definition) is 3. The van der Waals surface area contributed by atoms with E-state index in [2.05, 4.69) is 20.2 Å². The van der Waals surface area contributed by atoms with Crippen molar-refractivity contribution in [2.24, 2.45) is 0 Å². The van der Waals surface area contributed by atoms with E-state index in [1.165, 1.54) is 0 Å². The predicted octanol–water partition coefficient (Wildman–Crippen LogP) is 2.31. The third kappa shape index (κ3) is 1.12. The van der Waals surface area contributed by atoms with E-state index in [9.17, 15) is 0 Å². The number of rotatable bonds is 0. The van der Waals surface area contributed by atoms with Gasteiger partial charge in [0.25, 0.3) is 0 Å². The van der Waals surface area contributed by atoms with Gasteiger partial charge in [0, 0.05) is 0 Å². The molecular formula is C5HCl3N4. The Balaban J connectivity index is 2.93. The molecule has 0 amide bonds. The van der Waals surface area contributed by atoms with Gasteiger partial charge in [-0.2, -0.15) is 0 Å². The van der Waals surface area contributed by atoms with E-state index < -0.39 is 0 Å². The lowest BCUT2D eigenvalue weighted by molar-refractivity contribution is 1.05. The third-order valence-corrected chi connectivity index (χ3v) is 2.00. The molecule has 0 radical (unpaired) electrons. The van der Waals surface area contributed by atoms with Crippen LogP contribution in [0, 0.1) is 0 Å². The van der Waals surface area contributed by atoms with E-state index >= 15 is 0 Å². The zero-order chi connectivity index (χ0) is 8.72. The van der Waals surface area contributed by atoms with Crippen LogP contribution in [0.5, 0.6) is 0 Å². The molecule has 0 aliphatic rings. The van der Waals surface area contributed by atoms with Crippen LogP contribution in [0.4, 0.5) is 0 Å². The number of imidazole rings is 1. The summed E-state index contributed by atoms with van der Waals surface area (Å²) in [5.41, 5.74) is 0.934. The summed E-state index contributed by atoms with van der Waals surface area (Å²) in [5, 5.41) is 7.73. The van der Waals surface area contributed by atoms with E-state index in [4.69, 9.17) is 34.8 Å². The highest BCUT2D eigenvalue weighted by Gasteiger charge is 2.10. The third-order valence-electron chi connectivity index (χ3n) is 1.30. The summed E-state index contributed by atoms with van der Waals surface area (Å²) >= 11 is 16.9. The van der Waals surface area contributed by atoms with Crippen LogP contribution in [-0.2, 0) is 0 Å². The quantitative estimate of drug-likeness (QED) is 0.746. The maximum atomic E-state index is 5.68. The minimum atomic E-state index is 0.178. The second-order valence-electron chi connectivity index (χ2n) is 2.03. The minimum absolute atomic E-state index is 0.178. The van der Waals surface area contributed by atoms with Gasteiger partial charge in [-0.1, -0.05) is 23.2 Å². The lowest BCUT2D eigenvalue weighted by Gasteiger charge is -1.90. The molecule has 0 unspecified atom stereocenters. The highest BCUT2D eigenvalue weighted by atomic mass is 35.5. The van der Waals surface area contributed by atoms with Crippen molar-refractivity contribution >= 4 is 45.8 Å². The summed E-state index contributed by atoms with van der Waals surface area (Å²) in [7, 11) is 0. The van der Waals surface area contributed by atoms with Crippen LogP contribution >= 0.6 is 34.8 Å². The number of halogens is 3. The first-order valence-corrected chi connectivity index (χ1v) is 4.05. The summed E-state index contributed by atoms with van der Waals surface area (Å²) in [5.74, 6) is 0. The van der Waals surface area contributed by atoms with Crippen LogP contribution in [-0.4, -0.2) is 20.2 Å². The second-order valence-corrected chi connectivity index (χ2v) is 3.11. The van der Waals surface area contributed by atoms with Crippen molar-refractivity contribution in [3.05, 3.63) is 15.6 Å². The minimum Gasteiger partial charge on any atom is -0.326 e. The number of fused-ring (bicyclic) bond motifs is 1. The zero-order valence-corrected chi connectivity index (χ0v) is 7.74. The Morgan fingerprint density at radius 3 is 2.33 bits per heavy atom. The zero-order valence-electron chi connectivity index (χ0n) is 5.48. The molecule has 62 valence electrons. The highest BCUT2D eigenvalue weighted by molar-refractivity contribution is 6.38. The molecular weight excluding hydrogens is 222 g/mol. The Morgan fingerprint density at radius 2 is 1.67 bits per heavy atom. The standard InChI is InChI=1S/C5HCl3N4/c6-3-1-2(4(7)12-11-3)10-5(8)9-1/h(H,9,10). The van der Waals surface area contributed by atoms with Gasteiger partial charge in [0.2, 0.25) is 5.28 Å². The van der Waals surface area contributed by atoms with Crippen LogP contribution in [0.15, 0.2) is 0 Å². The second kappa shape index (κ2) is 2.73. The lowest BCUT2D eigenvalue weighted by atomic mass is 10.5. The van der Waals surface area contributed by atoms with E-state index in [1.54, 1.807) is 0 Å². The Bertz CT molecular complexity index is 398. The van der Waals surface area contributed by atoms with Crippen molar-refractivity contribution in [3.63, 3.8) is 0 Å². The number of hydrogen-bond donors (Lipinski definition) is 1. The van der Waals surface area contributed by atoms with E-state index in [-0.39, 0.29) is 15.6 Å². The van der Waals surface area contributed by atoms with Gasteiger partial charge in [-0.15, -0.1) is 10.2 Å². The van der Waals surface area contributed by atoms with Gasteiger partial charge < -0.3 is 4.98 Å². The van der Waals surface area contributed by atoms with Crippen molar-refractivity contribution in [1.82, 2.24) is 20.2 Å². The first kappa shape index (κ1) is 8.04. The summed E-state index contributed by atoms with van der Waals surface area (Å²) in [4.78, 5) is 6.57. The molecule has 2 aromatic heterocycles.